The summed E-state index contributed by atoms with van der Waals surface area (Å²) in [6, 6.07) is 3.93. The lowest BCUT2D eigenvalue weighted by molar-refractivity contribution is -0.154. The van der Waals surface area contributed by atoms with Gasteiger partial charge in [0.2, 0.25) is 5.91 Å². The van der Waals surface area contributed by atoms with Gasteiger partial charge in [0.05, 0.1) is 0 Å². The fraction of sp³-hybridized carbons (Fsp3) is 0.308. The molecule has 1 heterocycles. The molecule has 1 atom stereocenters. The first kappa shape index (κ1) is 14.8. The predicted molar refractivity (Wildman–Crippen MR) is 68.0 cm³/mol. The molecule has 7 nitrogen and oxygen atoms in total. The third kappa shape index (κ3) is 3.68. The number of amides is 2. The number of carbonyl (C=O) groups is 3. The number of carbonyl (C=O) groups excluding carboxylic acids is 2. The molecule has 2 N–H and O–H groups in total. The lowest BCUT2D eigenvalue weighted by Crippen LogP contribution is -2.60. The number of aliphatic carboxylic acids is 1. The molecule has 1 unspecified atom stereocenters. The maximum absolute atomic E-state index is 12.7. The van der Waals surface area contributed by atoms with Gasteiger partial charge < -0.3 is 20.1 Å². The van der Waals surface area contributed by atoms with E-state index < -0.39 is 36.2 Å². The molecule has 1 aliphatic heterocycles. The summed E-state index contributed by atoms with van der Waals surface area (Å²) >= 11 is 0. The van der Waals surface area contributed by atoms with E-state index in [1.165, 1.54) is 24.3 Å². The molecule has 2 amide bonds. The van der Waals surface area contributed by atoms with Crippen LogP contribution in [0.4, 0.5) is 4.39 Å². The number of carboxylic acid groups (broad SMARTS) is 1. The van der Waals surface area contributed by atoms with Crippen LogP contribution >= 0.6 is 0 Å². The summed E-state index contributed by atoms with van der Waals surface area (Å²) < 4.78 is 17.9. The Morgan fingerprint density at radius 2 is 2.05 bits per heavy atom. The second-order valence-electron chi connectivity index (χ2n) is 4.42. The lowest BCUT2D eigenvalue weighted by atomic mass is 10.2. The Balaban J connectivity index is 1.98. The van der Waals surface area contributed by atoms with Gasteiger partial charge in [-0.15, -0.1) is 0 Å². The van der Waals surface area contributed by atoms with E-state index in [9.17, 15) is 18.8 Å². The average Bonchev–Trinajstić information content (AvgIpc) is 2.46. The highest BCUT2D eigenvalue weighted by Crippen LogP contribution is 2.12. The van der Waals surface area contributed by atoms with Crippen molar-refractivity contribution in [3.8, 4) is 5.75 Å². The SMILES string of the molecule is O=C1CN(C(=O)COc2ccc(F)cc2)C(C(=O)O)CN1. The zero-order valence-corrected chi connectivity index (χ0v) is 10.9. The topological polar surface area (TPSA) is 95.9 Å². The summed E-state index contributed by atoms with van der Waals surface area (Å²) in [6.07, 6.45) is 0. The molecule has 0 saturated carbocycles. The standard InChI is InChI=1S/C13H13FN2O5/c14-8-1-3-9(4-2-8)21-7-12(18)16-6-11(17)15-5-10(16)13(19)20/h1-4,10H,5-7H2,(H,15,17)(H,19,20). The summed E-state index contributed by atoms with van der Waals surface area (Å²) in [5.41, 5.74) is 0. The smallest absolute Gasteiger partial charge is 0.328 e. The Kier molecular flexibility index (Phi) is 4.36. The maximum Gasteiger partial charge on any atom is 0.328 e. The van der Waals surface area contributed by atoms with Crippen LogP contribution in [0.2, 0.25) is 0 Å². The van der Waals surface area contributed by atoms with Crippen LogP contribution in [-0.4, -0.2) is 53.5 Å². The second kappa shape index (κ2) is 6.21. The van der Waals surface area contributed by atoms with Crippen molar-refractivity contribution in [2.45, 2.75) is 6.04 Å². The van der Waals surface area contributed by atoms with Crippen molar-refractivity contribution in [2.24, 2.45) is 0 Å². The fourth-order valence-electron chi connectivity index (χ4n) is 1.88. The van der Waals surface area contributed by atoms with E-state index in [2.05, 4.69) is 5.32 Å². The van der Waals surface area contributed by atoms with E-state index in [4.69, 9.17) is 9.84 Å². The molecule has 0 bridgehead atoms. The van der Waals surface area contributed by atoms with E-state index in [-0.39, 0.29) is 18.8 Å². The normalized spacial score (nSPS) is 18.0. The Morgan fingerprint density at radius 1 is 1.38 bits per heavy atom. The zero-order valence-electron chi connectivity index (χ0n) is 10.9. The summed E-state index contributed by atoms with van der Waals surface area (Å²) in [5, 5.41) is 11.4. The predicted octanol–water partition coefficient (Wildman–Crippen LogP) is -0.384. The summed E-state index contributed by atoms with van der Waals surface area (Å²) in [7, 11) is 0. The van der Waals surface area contributed by atoms with Crippen LogP contribution in [0.3, 0.4) is 0 Å². The first-order valence-electron chi connectivity index (χ1n) is 6.14. The molecule has 1 aliphatic rings. The van der Waals surface area contributed by atoms with Crippen molar-refractivity contribution >= 4 is 17.8 Å². The van der Waals surface area contributed by atoms with Gasteiger partial charge in [-0.2, -0.15) is 0 Å². The van der Waals surface area contributed by atoms with Gasteiger partial charge in [-0.25, -0.2) is 9.18 Å². The van der Waals surface area contributed by atoms with E-state index >= 15 is 0 Å². The molecule has 21 heavy (non-hydrogen) atoms. The minimum Gasteiger partial charge on any atom is -0.484 e. The maximum atomic E-state index is 12.7. The number of benzene rings is 1. The molecule has 112 valence electrons. The van der Waals surface area contributed by atoms with Gasteiger partial charge in [0.1, 0.15) is 24.2 Å². The number of rotatable bonds is 4. The van der Waals surface area contributed by atoms with Crippen molar-refractivity contribution in [2.75, 3.05) is 19.7 Å². The number of carboxylic acids is 1. The fourth-order valence-corrected chi connectivity index (χ4v) is 1.88. The number of nitrogens with zero attached hydrogens (tertiary/aromatic N) is 1. The van der Waals surface area contributed by atoms with Crippen LogP contribution in [0.25, 0.3) is 0 Å². The van der Waals surface area contributed by atoms with Crippen LogP contribution in [0.5, 0.6) is 5.75 Å². The van der Waals surface area contributed by atoms with E-state index in [0.29, 0.717) is 0 Å². The molecule has 2 rings (SSSR count). The minimum absolute atomic E-state index is 0.142. The van der Waals surface area contributed by atoms with Crippen LogP contribution in [0, 0.1) is 5.82 Å². The first-order valence-corrected chi connectivity index (χ1v) is 6.14. The molecule has 0 spiro atoms. The Bertz CT molecular complexity index is 560. The van der Waals surface area contributed by atoms with Crippen LogP contribution < -0.4 is 10.1 Å². The first-order chi connectivity index (χ1) is 9.97. The summed E-state index contributed by atoms with van der Waals surface area (Å²) in [5.74, 6) is -2.42. The number of piperazine rings is 1. The molecular formula is C13H13FN2O5. The van der Waals surface area contributed by atoms with Gasteiger partial charge in [0.15, 0.2) is 6.61 Å². The van der Waals surface area contributed by atoms with Gasteiger partial charge in [-0.05, 0) is 24.3 Å². The van der Waals surface area contributed by atoms with Gasteiger partial charge in [-0.3, -0.25) is 9.59 Å². The third-order valence-corrected chi connectivity index (χ3v) is 2.96. The van der Waals surface area contributed by atoms with Gasteiger partial charge in [0, 0.05) is 6.54 Å². The lowest BCUT2D eigenvalue weighted by Gasteiger charge is -2.32. The summed E-state index contributed by atoms with van der Waals surface area (Å²) in [6.45, 7) is -0.901. The van der Waals surface area contributed by atoms with Crippen LogP contribution in [0.15, 0.2) is 24.3 Å². The zero-order chi connectivity index (χ0) is 15.4. The molecule has 1 aromatic rings. The number of nitrogens with one attached hydrogen (secondary N) is 1. The third-order valence-electron chi connectivity index (χ3n) is 2.96. The Labute approximate surface area is 119 Å². The van der Waals surface area contributed by atoms with E-state index in [1.807, 2.05) is 0 Å². The van der Waals surface area contributed by atoms with Gasteiger partial charge >= 0.3 is 5.97 Å². The van der Waals surface area contributed by atoms with Crippen molar-refractivity contribution in [1.82, 2.24) is 10.2 Å². The number of hydrogen-bond donors (Lipinski definition) is 2. The van der Waals surface area contributed by atoms with Crippen LogP contribution in [0.1, 0.15) is 0 Å². The summed E-state index contributed by atoms with van der Waals surface area (Å²) in [4.78, 5) is 35.3. The molecule has 1 aromatic carbocycles. The van der Waals surface area contributed by atoms with E-state index in [1.54, 1.807) is 0 Å². The van der Waals surface area contributed by atoms with Crippen molar-refractivity contribution in [3.63, 3.8) is 0 Å². The molecule has 1 fully saturated rings. The van der Waals surface area contributed by atoms with Crippen molar-refractivity contribution < 1.29 is 28.6 Å². The van der Waals surface area contributed by atoms with E-state index in [0.717, 1.165) is 4.90 Å². The molecule has 0 radical (unpaired) electrons. The van der Waals surface area contributed by atoms with Crippen molar-refractivity contribution in [1.29, 1.82) is 0 Å². The average molecular weight is 296 g/mol. The number of ether oxygens (including phenoxy) is 1. The van der Waals surface area contributed by atoms with Crippen molar-refractivity contribution in [3.05, 3.63) is 30.1 Å². The molecule has 8 heteroatoms. The molecule has 0 aromatic heterocycles. The molecule has 1 saturated heterocycles. The second-order valence-corrected chi connectivity index (χ2v) is 4.42. The number of hydrogen-bond acceptors (Lipinski definition) is 4. The monoisotopic (exact) mass is 296 g/mol. The Morgan fingerprint density at radius 3 is 2.67 bits per heavy atom. The quantitative estimate of drug-likeness (QED) is 0.789. The Hall–Kier alpha value is -2.64. The number of halogens is 1. The van der Waals surface area contributed by atoms with Crippen LogP contribution in [-0.2, 0) is 14.4 Å². The highest BCUT2D eigenvalue weighted by molar-refractivity contribution is 5.91. The molecular weight excluding hydrogens is 283 g/mol. The highest BCUT2D eigenvalue weighted by atomic mass is 19.1. The molecule has 0 aliphatic carbocycles. The largest absolute Gasteiger partial charge is 0.484 e. The minimum atomic E-state index is -1.20. The van der Waals surface area contributed by atoms with Gasteiger partial charge in [-0.1, -0.05) is 0 Å². The highest BCUT2D eigenvalue weighted by Gasteiger charge is 2.35. The van der Waals surface area contributed by atoms with Gasteiger partial charge in [0.25, 0.3) is 5.91 Å².